The van der Waals surface area contributed by atoms with Crippen molar-refractivity contribution in [1.82, 2.24) is 19.9 Å². The maximum absolute atomic E-state index is 12.3. The summed E-state index contributed by atoms with van der Waals surface area (Å²) < 4.78 is 7.44. The van der Waals surface area contributed by atoms with Gasteiger partial charge >= 0.3 is 6.09 Å². The molecule has 186 valence electrons. The summed E-state index contributed by atoms with van der Waals surface area (Å²) in [6, 6.07) is 4.13. The second-order valence-corrected chi connectivity index (χ2v) is 8.79. The Morgan fingerprint density at radius 1 is 1.09 bits per heavy atom. The number of imidazole rings is 1. The highest BCUT2D eigenvalue weighted by Crippen LogP contribution is 2.31. The number of ether oxygens (including phenoxy) is 1. The number of piperidine rings is 1. The van der Waals surface area contributed by atoms with E-state index in [4.69, 9.17) is 15.6 Å². The van der Waals surface area contributed by atoms with Crippen LogP contribution in [0.25, 0.3) is 11.0 Å². The van der Waals surface area contributed by atoms with Crippen molar-refractivity contribution in [2.75, 3.05) is 13.1 Å². The number of aromatic nitrogens is 2. The van der Waals surface area contributed by atoms with Gasteiger partial charge in [-0.2, -0.15) is 0 Å². The van der Waals surface area contributed by atoms with Crippen molar-refractivity contribution in [2.24, 2.45) is 5.84 Å². The first-order valence-electron chi connectivity index (χ1n) is 12.0. The number of nitrogens with two attached hydrogens (primary N) is 1. The van der Waals surface area contributed by atoms with Gasteiger partial charge in [-0.3, -0.25) is 10.2 Å². The molecule has 2 aromatic rings. The molecule has 33 heavy (non-hydrogen) atoms. The molecule has 0 saturated carbocycles. The predicted octanol–water partition coefficient (Wildman–Crippen LogP) is 4.81. The fourth-order valence-corrected chi connectivity index (χ4v) is 3.71. The van der Waals surface area contributed by atoms with Crippen LogP contribution >= 0.6 is 0 Å². The number of aryl methyl sites for hydroxylation is 2. The van der Waals surface area contributed by atoms with Crippen LogP contribution in [0.5, 0.6) is 0 Å². The summed E-state index contributed by atoms with van der Waals surface area (Å²) in [6.45, 7) is 19.0. The molecule has 1 aliphatic heterocycles. The number of rotatable bonds is 3. The van der Waals surface area contributed by atoms with Crippen molar-refractivity contribution >= 4 is 23.0 Å². The predicted molar refractivity (Wildman–Crippen MR) is 134 cm³/mol. The van der Waals surface area contributed by atoms with E-state index in [1.165, 1.54) is 0 Å². The Bertz CT molecular complexity index is 922. The highest BCUT2D eigenvalue weighted by atomic mass is 16.6. The Hall–Kier alpha value is -2.61. The van der Waals surface area contributed by atoms with E-state index in [0.717, 1.165) is 40.8 Å². The largest absolute Gasteiger partial charge is 0.444 e. The fourth-order valence-electron chi connectivity index (χ4n) is 3.71. The summed E-state index contributed by atoms with van der Waals surface area (Å²) >= 11 is 0. The standard InChI is InChI=1S/C21H31N5O3.2C2H6/c1-13-10-16-17(11-14(13)2)26(12-18(27)24-22)19(23-16)15-6-8-25(9-7-15)20(28)29-21(3,4)5;2*1-2/h10-11,15H,6-9,12,22H2,1-5H3,(H,24,27);2*1-2H3. The fraction of sp³-hybridized carbons (Fsp3) is 0.640. The van der Waals surface area contributed by atoms with Crippen LogP contribution in [0.4, 0.5) is 4.79 Å². The van der Waals surface area contributed by atoms with Crippen molar-refractivity contribution in [1.29, 1.82) is 0 Å². The van der Waals surface area contributed by atoms with E-state index in [2.05, 4.69) is 24.5 Å². The Morgan fingerprint density at radius 2 is 1.64 bits per heavy atom. The highest BCUT2D eigenvalue weighted by Gasteiger charge is 2.30. The van der Waals surface area contributed by atoms with Crippen LogP contribution in [-0.2, 0) is 16.1 Å². The number of fused-ring (bicyclic) bond motifs is 1. The van der Waals surface area contributed by atoms with Crippen molar-refractivity contribution in [3.8, 4) is 0 Å². The molecule has 0 radical (unpaired) electrons. The summed E-state index contributed by atoms with van der Waals surface area (Å²) in [5, 5.41) is 0. The van der Waals surface area contributed by atoms with E-state index < -0.39 is 5.60 Å². The van der Waals surface area contributed by atoms with E-state index in [1.807, 2.05) is 60.0 Å². The van der Waals surface area contributed by atoms with Crippen LogP contribution in [0.1, 0.15) is 84.2 Å². The number of amides is 2. The van der Waals surface area contributed by atoms with Gasteiger partial charge in [0, 0.05) is 19.0 Å². The summed E-state index contributed by atoms with van der Waals surface area (Å²) in [7, 11) is 0. The summed E-state index contributed by atoms with van der Waals surface area (Å²) in [6.07, 6.45) is 1.26. The zero-order valence-electron chi connectivity index (χ0n) is 21.9. The molecule has 1 fully saturated rings. The van der Waals surface area contributed by atoms with Crippen LogP contribution in [-0.4, -0.2) is 45.1 Å². The van der Waals surface area contributed by atoms with Gasteiger partial charge < -0.3 is 14.2 Å². The van der Waals surface area contributed by atoms with Gasteiger partial charge in [0.25, 0.3) is 5.91 Å². The maximum Gasteiger partial charge on any atom is 0.410 e. The SMILES string of the molecule is CC.CC.Cc1cc2nc(C3CCN(C(=O)OC(C)(C)C)CC3)n(CC(=O)NN)c2cc1C. The Kier molecular flexibility index (Phi) is 10.8. The van der Waals surface area contributed by atoms with Gasteiger partial charge in [0.1, 0.15) is 18.0 Å². The Labute approximate surface area is 198 Å². The lowest BCUT2D eigenvalue weighted by Crippen LogP contribution is -2.41. The van der Waals surface area contributed by atoms with Crippen molar-refractivity contribution < 1.29 is 14.3 Å². The van der Waals surface area contributed by atoms with Gasteiger partial charge in [0.15, 0.2) is 0 Å². The normalized spacial score (nSPS) is 14.1. The van der Waals surface area contributed by atoms with Gasteiger partial charge in [-0.25, -0.2) is 15.6 Å². The molecule has 1 aromatic carbocycles. The third-order valence-corrected chi connectivity index (χ3v) is 5.37. The van der Waals surface area contributed by atoms with Gasteiger partial charge in [-0.1, -0.05) is 27.7 Å². The topological polar surface area (TPSA) is 102 Å². The first-order valence-corrected chi connectivity index (χ1v) is 12.0. The second-order valence-electron chi connectivity index (χ2n) is 8.79. The summed E-state index contributed by atoms with van der Waals surface area (Å²) in [5.74, 6) is 6.09. The third-order valence-electron chi connectivity index (χ3n) is 5.37. The molecule has 8 nitrogen and oxygen atoms in total. The van der Waals surface area contributed by atoms with Gasteiger partial charge in [-0.05, 0) is 70.7 Å². The molecule has 1 aliphatic rings. The third kappa shape index (κ3) is 7.45. The van der Waals surface area contributed by atoms with Crippen molar-refractivity contribution in [3.05, 3.63) is 29.1 Å². The van der Waals surface area contributed by atoms with E-state index in [-0.39, 0.29) is 24.5 Å². The summed E-state index contributed by atoms with van der Waals surface area (Å²) in [4.78, 5) is 31.0. The highest BCUT2D eigenvalue weighted by molar-refractivity contribution is 5.82. The molecule has 0 aliphatic carbocycles. The molecule has 1 aromatic heterocycles. The van der Waals surface area contributed by atoms with Crippen LogP contribution in [0.3, 0.4) is 0 Å². The Morgan fingerprint density at radius 3 is 2.15 bits per heavy atom. The number of likely N-dealkylation sites (tertiary alicyclic amines) is 1. The van der Waals surface area contributed by atoms with Gasteiger partial charge in [-0.15, -0.1) is 0 Å². The van der Waals surface area contributed by atoms with E-state index >= 15 is 0 Å². The van der Waals surface area contributed by atoms with Crippen molar-refractivity contribution in [2.45, 2.75) is 93.2 Å². The number of nitrogens with zero attached hydrogens (tertiary/aromatic N) is 3. The molecule has 0 spiro atoms. The molecule has 3 N–H and O–H groups in total. The number of carbonyl (C=O) groups is 2. The lowest BCUT2D eigenvalue weighted by Gasteiger charge is -2.33. The van der Waals surface area contributed by atoms with Crippen LogP contribution in [0, 0.1) is 13.8 Å². The van der Waals surface area contributed by atoms with Gasteiger partial charge in [0.2, 0.25) is 0 Å². The minimum atomic E-state index is -0.507. The summed E-state index contributed by atoms with van der Waals surface area (Å²) in [5.41, 5.74) is 5.83. The second kappa shape index (κ2) is 12.6. The van der Waals surface area contributed by atoms with Crippen LogP contribution < -0.4 is 11.3 Å². The zero-order chi connectivity index (χ0) is 25.3. The van der Waals surface area contributed by atoms with Crippen LogP contribution in [0.15, 0.2) is 12.1 Å². The molecule has 2 amide bonds. The molecule has 1 saturated heterocycles. The average molecular weight is 462 g/mol. The first kappa shape index (κ1) is 28.4. The number of carbonyl (C=O) groups excluding carboxylic acids is 2. The van der Waals surface area contributed by atoms with E-state index in [1.54, 1.807) is 4.90 Å². The Balaban J connectivity index is 0.00000129. The molecule has 0 unspecified atom stereocenters. The number of hydrazine groups is 1. The maximum atomic E-state index is 12.3. The molecular weight excluding hydrogens is 418 g/mol. The molecule has 0 atom stereocenters. The quantitative estimate of drug-likeness (QED) is 0.388. The first-order chi connectivity index (χ1) is 15.6. The lowest BCUT2D eigenvalue weighted by molar-refractivity contribution is -0.121. The molecule has 8 heteroatoms. The lowest BCUT2D eigenvalue weighted by atomic mass is 9.96. The zero-order valence-corrected chi connectivity index (χ0v) is 21.9. The van der Waals surface area contributed by atoms with E-state index in [0.29, 0.717) is 13.1 Å². The number of hydrogen-bond acceptors (Lipinski definition) is 5. The average Bonchev–Trinajstić information content (AvgIpc) is 3.12. The van der Waals surface area contributed by atoms with Crippen LogP contribution in [0.2, 0.25) is 0 Å². The minimum Gasteiger partial charge on any atom is -0.444 e. The number of nitrogens with one attached hydrogen (secondary N) is 1. The molecule has 3 rings (SSSR count). The monoisotopic (exact) mass is 461 g/mol. The van der Waals surface area contributed by atoms with E-state index in [9.17, 15) is 9.59 Å². The molecule has 2 heterocycles. The number of benzene rings is 1. The molecule has 0 bridgehead atoms. The minimum absolute atomic E-state index is 0.122. The van der Waals surface area contributed by atoms with Gasteiger partial charge in [0.05, 0.1) is 11.0 Å². The molecular formula is C25H43N5O3. The smallest absolute Gasteiger partial charge is 0.410 e. The number of hydrogen-bond donors (Lipinski definition) is 2. The van der Waals surface area contributed by atoms with Crippen molar-refractivity contribution in [3.63, 3.8) is 0 Å².